The van der Waals surface area contributed by atoms with Crippen LogP contribution in [0.4, 0.5) is 0 Å². The van der Waals surface area contributed by atoms with Crippen LogP contribution in [0.5, 0.6) is 0 Å². The van der Waals surface area contributed by atoms with E-state index in [1.807, 2.05) is 56.3 Å². The average Bonchev–Trinajstić information content (AvgIpc) is 2.53. The zero-order valence-electron chi connectivity index (χ0n) is 13.5. The van der Waals surface area contributed by atoms with Gasteiger partial charge < -0.3 is 0 Å². The van der Waals surface area contributed by atoms with E-state index in [1.165, 1.54) is 17.3 Å². The second kappa shape index (κ2) is 8.27. The summed E-state index contributed by atoms with van der Waals surface area (Å²) in [5.74, 6) is 0. The van der Waals surface area contributed by atoms with E-state index in [4.69, 9.17) is 0 Å². The number of thioether (sulfide) groups is 1. The molecule has 0 bridgehead atoms. The van der Waals surface area contributed by atoms with E-state index >= 15 is 0 Å². The number of carbonyl (C=O) groups excluding carboxylic acids is 1. The average molecular weight is 345 g/mol. The van der Waals surface area contributed by atoms with Crippen LogP contribution in [0.15, 0.2) is 70.0 Å². The van der Waals surface area contributed by atoms with Crippen LogP contribution in [0.25, 0.3) is 0 Å². The molecule has 1 unspecified atom stereocenters. The van der Waals surface area contributed by atoms with Crippen LogP contribution in [0.1, 0.15) is 29.8 Å². The third kappa shape index (κ3) is 4.91. The van der Waals surface area contributed by atoms with Gasteiger partial charge in [-0.3, -0.25) is 9.00 Å². The van der Waals surface area contributed by atoms with E-state index in [9.17, 15) is 9.00 Å². The topological polar surface area (TPSA) is 34.1 Å². The Kier molecular flexibility index (Phi) is 6.37. The van der Waals surface area contributed by atoms with Crippen molar-refractivity contribution in [3.05, 3.63) is 71.3 Å². The largest absolute Gasteiger partial charge is 0.281 e. The molecule has 0 aliphatic carbocycles. The zero-order valence-corrected chi connectivity index (χ0v) is 15.2. The Labute approximate surface area is 144 Å². The maximum Gasteiger partial charge on any atom is 0.225 e. The summed E-state index contributed by atoms with van der Waals surface area (Å²) in [6, 6.07) is 15.1. The quantitative estimate of drug-likeness (QED) is 0.573. The molecule has 0 aliphatic heterocycles. The molecule has 1 atom stereocenters. The van der Waals surface area contributed by atoms with Crippen molar-refractivity contribution in [3.8, 4) is 0 Å². The van der Waals surface area contributed by atoms with Gasteiger partial charge in [0.05, 0.1) is 15.7 Å². The van der Waals surface area contributed by atoms with Gasteiger partial charge in [0.2, 0.25) is 5.12 Å². The van der Waals surface area contributed by atoms with Crippen molar-refractivity contribution in [2.45, 2.75) is 30.1 Å². The summed E-state index contributed by atoms with van der Waals surface area (Å²) < 4.78 is 12.2. The highest BCUT2D eigenvalue weighted by atomic mass is 32.2. The molecule has 2 aromatic carbocycles. The minimum Gasteiger partial charge on any atom is -0.281 e. The van der Waals surface area contributed by atoms with Crippen LogP contribution in [0.3, 0.4) is 0 Å². The summed E-state index contributed by atoms with van der Waals surface area (Å²) in [6.45, 7) is 4.06. The van der Waals surface area contributed by atoms with Crippen molar-refractivity contribution in [1.82, 2.24) is 0 Å². The van der Waals surface area contributed by atoms with E-state index < -0.39 is 10.8 Å². The molecule has 0 spiro atoms. The second-order valence-electron chi connectivity index (χ2n) is 5.44. The lowest BCUT2D eigenvalue weighted by molar-refractivity contribution is 0.108. The summed E-state index contributed by atoms with van der Waals surface area (Å²) in [5, 5.41) is -0.0690. The summed E-state index contributed by atoms with van der Waals surface area (Å²) in [7, 11) is -1.21. The van der Waals surface area contributed by atoms with E-state index in [0.717, 1.165) is 10.5 Å². The van der Waals surface area contributed by atoms with Crippen molar-refractivity contribution in [2.75, 3.05) is 6.26 Å². The van der Waals surface area contributed by atoms with Crippen LogP contribution >= 0.6 is 11.8 Å². The predicted molar refractivity (Wildman–Crippen MR) is 98.5 cm³/mol. The van der Waals surface area contributed by atoms with E-state index in [-0.39, 0.29) is 5.12 Å². The molecule has 2 nitrogen and oxygen atoms in total. The molecule has 0 fully saturated rings. The van der Waals surface area contributed by atoms with Gasteiger partial charge in [0, 0.05) is 16.7 Å². The van der Waals surface area contributed by atoms with Gasteiger partial charge in [-0.15, -0.1) is 0 Å². The first-order valence-electron chi connectivity index (χ1n) is 7.35. The van der Waals surface area contributed by atoms with Crippen molar-refractivity contribution < 1.29 is 9.00 Å². The number of allylic oxidation sites excluding steroid dienone is 2. The van der Waals surface area contributed by atoms with Gasteiger partial charge in [-0.2, -0.15) is 0 Å². The standard InChI is InChI=1S/C19H20O2S2/c1-14(2)12-13-15-8-7-11-17(18(15)23(3)21)19(20)22-16-9-5-4-6-10-16/h4-12H,13H2,1-3H3. The maximum atomic E-state index is 12.6. The Morgan fingerprint density at radius 1 is 1.09 bits per heavy atom. The first kappa shape index (κ1) is 17.7. The molecule has 0 amide bonds. The summed E-state index contributed by atoms with van der Waals surface area (Å²) in [4.78, 5) is 14.2. The highest BCUT2D eigenvalue weighted by Crippen LogP contribution is 2.28. The van der Waals surface area contributed by atoms with Crippen LogP contribution in [0.2, 0.25) is 0 Å². The fourth-order valence-corrected chi connectivity index (χ4v) is 4.05. The number of rotatable bonds is 5. The molecule has 0 heterocycles. The number of hydrogen-bond donors (Lipinski definition) is 0. The molecule has 120 valence electrons. The van der Waals surface area contributed by atoms with E-state index in [2.05, 4.69) is 6.08 Å². The van der Waals surface area contributed by atoms with Crippen LogP contribution in [-0.2, 0) is 17.2 Å². The van der Waals surface area contributed by atoms with E-state index in [1.54, 1.807) is 12.3 Å². The lowest BCUT2D eigenvalue weighted by atomic mass is 10.1. The van der Waals surface area contributed by atoms with Crippen molar-refractivity contribution in [1.29, 1.82) is 0 Å². The molecule has 0 aromatic heterocycles. The molecular formula is C19H20O2S2. The fraction of sp³-hybridized carbons (Fsp3) is 0.211. The summed E-state index contributed by atoms with van der Waals surface area (Å²) >= 11 is 1.17. The maximum absolute atomic E-state index is 12.6. The molecule has 2 aromatic rings. The lowest BCUT2D eigenvalue weighted by Gasteiger charge is -2.11. The molecule has 23 heavy (non-hydrogen) atoms. The normalized spacial score (nSPS) is 11.8. The van der Waals surface area contributed by atoms with Crippen LogP contribution < -0.4 is 0 Å². The van der Waals surface area contributed by atoms with Gasteiger partial charge >= 0.3 is 0 Å². The molecule has 2 rings (SSSR count). The molecule has 0 radical (unpaired) electrons. The van der Waals surface area contributed by atoms with Crippen molar-refractivity contribution in [2.24, 2.45) is 0 Å². The second-order valence-corrected chi connectivity index (χ2v) is 7.80. The van der Waals surface area contributed by atoms with Crippen LogP contribution in [-0.4, -0.2) is 15.6 Å². The van der Waals surface area contributed by atoms with Crippen molar-refractivity contribution in [3.63, 3.8) is 0 Å². The molecule has 0 saturated carbocycles. The van der Waals surface area contributed by atoms with Gasteiger partial charge in [-0.1, -0.05) is 42.0 Å². The lowest BCUT2D eigenvalue weighted by Crippen LogP contribution is -2.05. The SMILES string of the molecule is CC(C)=CCc1cccc(C(=O)Sc2ccccc2)c1S(C)=O. The Bertz CT molecular complexity index is 745. The van der Waals surface area contributed by atoms with Gasteiger partial charge in [0.25, 0.3) is 0 Å². The molecular weight excluding hydrogens is 324 g/mol. The fourth-order valence-electron chi connectivity index (χ4n) is 2.21. The Hall–Kier alpha value is -1.65. The number of benzene rings is 2. The minimum atomic E-state index is -1.21. The monoisotopic (exact) mass is 344 g/mol. The molecule has 4 heteroatoms. The summed E-state index contributed by atoms with van der Waals surface area (Å²) in [6.07, 6.45) is 4.41. The third-order valence-corrected chi connectivity index (χ3v) is 5.26. The number of hydrogen-bond acceptors (Lipinski definition) is 3. The summed E-state index contributed by atoms with van der Waals surface area (Å²) in [5.41, 5.74) is 2.69. The molecule has 0 N–H and O–H groups in total. The molecule has 0 saturated heterocycles. The zero-order chi connectivity index (χ0) is 16.8. The smallest absolute Gasteiger partial charge is 0.225 e. The van der Waals surface area contributed by atoms with Gasteiger partial charge in [0.15, 0.2) is 0 Å². The minimum absolute atomic E-state index is 0.0690. The first-order valence-corrected chi connectivity index (χ1v) is 9.72. The Morgan fingerprint density at radius 2 is 1.78 bits per heavy atom. The molecule has 0 aliphatic rings. The third-order valence-electron chi connectivity index (χ3n) is 3.29. The van der Waals surface area contributed by atoms with Gasteiger partial charge in [-0.05, 0) is 55.8 Å². The van der Waals surface area contributed by atoms with E-state index in [0.29, 0.717) is 16.9 Å². The Balaban J connectivity index is 2.37. The predicted octanol–water partition coefficient (Wildman–Crippen LogP) is 4.87. The Morgan fingerprint density at radius 3 is 2.39 bits per heavy atom. The number of carbonyl (C=O) groups is 1. The first-order chi connectivity index (χ1) is 11.0. The highest BCUT2D eigenvalue weighted by Gasteiger charge is 2.18. The van der Waals surface area contributed by atoms with Gasteiger partial charge in [0.1, 0.15) is 0 Å². The highest BCUT2D eigenvalue weighted by molar-refractivity contribution is 8.14. The van der Waals surface area contributed by atoms with Crippen LogP contribution in [0, 0.1) is 0 Å². The van der Waals surface area contributed by atoms with Gasteiger partial charge in [-0.25, -0.2) is 0 Å². The van der Waals surface area contributed by atoms with Crippen molar-refractivity contribution >= 4 is 27.7 Å².